The monoisotopic (exact) mass is 396 g/mol. The second kappa shape index (κ2) is 8.91. The second-order valence-electron chi connectivity index (χ2n) is 5.67. The lowest BCUT2D eigenvalue weighted by molar-refractivity contribution is -0.119. The molecule has 0 fully saturated rings. The summed E-state index contributed by atoms with van der Waals surface area (Å²) in [5.74, 6) is 0.366. The minimum atomic E-state index is -3.65. The lowest BCUT2D eigenvalue weighted by Gasteiger charge is -2.22. The number of hydrogen-bond acceptors (Lipinski definition) is 4. The van der Waals surface area contributed by atoms with Crippen molar-refractivity contribution >= 4 is 33.2 Å². The number of methoxy groups -OCH3 is 1. The van der Waals surface area contributed by atoms with Crippen LogP contribution < -0.4 is 14.4 Å². The molecule has 8 heteroatoms. The highest BCUT2D eigenvalue weighted by Gasteiger charge is 2.22. The molecule has 6 nitrogen and oxygen atoms in total. The molecule has 0 radical (unpaired) electrons. The number of anilines is 1. The van der Waals surface area contributed by atoms with Crippen LogP contribution in [-0.2, 0) is 21.2 Å². The number of amides is 1. The van der Waals surface area contributed by atoms with E-state index in [4.69, 9.17) is 16.3 Å². The largest absolute Gasteiger partial charge is 0.497 e. The van der Waals surface area contributed by atoms with Crippen LogP contribution in [0.3, 0.4) is 0 Å². The van der Waals surface area contributed by atoms with Crippen molar-refractivity contribution in [1.29, 1.82) is 0 Å². The molecule has 0 aliphatic carbocycles. The van der Waals surface area contributed by atoms with Crippen LogP contribution in [0.15, 0.2) is 48.5 Å². The number of halogens is 1. The molecule has 0 aliphatic heterocycles. The fourth-order valence-corrected chi connectivity index (χ4v) is 3.52. The summed E-state index contributed by atoms with van der Waals surface area (Å²) in [6.45, 7) is 0.0659. The third-order valence-corrected chi connectivity index (χ3v) is 5.15. The molecule has 2 rings (SSSR count). The van der Waals surface area contributed by atoms with Gasteiger partial charge in [0.05, 0.1) is 24.1 Å². The number of sulfonamides is 1. The van der Waals surface area contributed by atoms with Gasteiger partial charge in [-0.1, -0.05) is 35.9 Å². The van der Waals surface area contributed by atoms with Crippen molar-refractivity contribution < 1.29 is 17.9 Å². The normalized spacial score (nSPS) is 11.0. The molecule has 2 aromatic carbocycles. The first-order valence-electron chi connectivity index (χ1n) is 7.93. The Morgan fingerprint density at radius 1 is 1.15 bits per heavy atom. The number of hydrogen-bond donors (Lipinski definition) is 1. The van der Waals surface area contributed by atoms with E-state index in [1.54, 1.807) is 31.4 Å². The molecular weight excluding hydrogens is 376 g/mol. The number of rotatable bonds is 8. The third kappa shape index (κ3) is 5.64. The molecule has 0 spiro atoms. The van der Waals surface area contributed by atoms with Gasteiger partial charge in [0, 0.05) is 6.54 Å². The number of nitrogens with zero attached hydrogens (tertiary/aromatic N) is 1. The van der Waals surface area contributed by atoms with Crippen LogP contribution >= 0.6 is 11.6 Å². The Balaban J connectivity index is 1.96. The summed E-state index contributed by atoms with van der Waals surface area (Å²) in [6.07, 6.45) is 1.67. The molecule has 0 unspecified atom stereocenters. The highest BCUT2D eigenvalue weighted by atomic mass is 35.5. The van der Waals surface area contributed by atoms with Gasteiger partial charge in [0.1, 0.15) is 12.3 Å². The Morgan fingerprint density at radius 3 is 2.38 bits per heavy atom. The summed E-state index contributed by atoms with van der Waals surface area (Å²) >= 11 is 6.07. The Kier molecular flexibility index (Phi) is 6.88. The third-order valence-electron chi connectivity index (χ3n) is 3.70. The summed E-state index contributed by atoms with van der Waals surface area (Å²) < 4.78 is 30.2. The zero-order valence-electron chi connectivity index (χ0n) is 14.6. The molecule has 26 heavy (non-hydrogen) atoms. The SMILES string of the molecule is COc1ccc(CCNC(=O)CN(c2ccccc2Cl)S(C)(=O)=O)cc1. The molecule has 0 aromatic heterocycles. The van der Waals surface area contributed by atoms with Crippen molar-refractivity contribution in [1.82, 2.24) is 5.32 Å². The Morgan fingerprint density at radius 2 is 1.81 bits per heavy atom. The van der Waals surface area contributed by atoms with Crippen LogP contribution in [0.4, 0.5) is 5.69 Å². The first-order valence-corrected chi connectivity index (χ1v) is 10.2. The first-order chi connectivity index (χ1) is 12.3. The number of nitrogens with one attached hydrogen (secondary N) is 1. The van der Waals surface area contributed by atoms with E-state index in [-0.39, 0.29) is 17.3 Å². The number of ether oxygens (including phenoxy) is 1. The second-order valence-corrected chi connectivity index (χ2v) is 7.98. The number of benzene rings is 2. The molecule has 0 bridgehead atoms. The average molecular weight is 397 g/mol. The van der Waals surface area contributed by atoms with E-state index in [2.05, 4.69) is 5.32 Å². The molecular formula is C18H21ClN2O4S. The zero-order chi connectivity index (χ0) is 19.2. The van der Waals surface area contributed by atoms with Crippen LogP contribution in [0.5, 0.6) is 5.75 Å². The van der Waals surface area contributed by atoms with Gasteiger partial charge in [-0.25, -0.2) is 8.42 Å². The van der Waals surface area contributed by atoms with Crippen molar-refractivity contribution in [2.45, 2.75) is 6.42 Å². The predicted octanol–water partition coefficient (Wildman–Crippen LogP) is 2.47. The molecule has 0 aliphatic rings. The van der Waals surface area contributed by atoms with Gasteiger partial charge in [-0.2, -0.15) is 0 Å². The lowest BCUT2D eigenvalue weighted by atomic mass is 10.1. The fraction of sp³-hybridized carbons (Fsp3) is 0.278. The van der Waals surface area contributed by atoms with Crippen molar-refractivity contribution in [3.8, 4) is 5.75 Å². The predicted molar refractivity (Wildman–Crippen MR) is 103 cm³/mol. The number of carbonyl (C=O) groups is 1. The maximum Gasteiger partial charge on any atom is 0.240 e. The molecule has 0 heterocycles. The topological polar surface area (TPSA) is 75.7 Å². The standard InChI is InChI=1S/C18H21ClN2O4S/c1-25-15-9-7-14(8-10-15)11-12-20-18(22)13-21(26(2,23)24)17-6-4-3-5-16(17)19/h3-10H,11-13H2,1-2H3,(H,20,22). The van der Waals surface area contributed by atoms with Crippen LogP contribution in [0.25, 0.3) is 0 Å². The maximum atomic E-state index is 12.2. The van der Waals surface area contributed by atoms with E-state index in [9.17, 15) is 13.2 Å². The zero-order valence-corrected chi connectivity index (χ0v) is 16.2. The van der Waals surface area contributed by atoms with Gasteiger partial charge in [-0.05, 0) is 36.2 Å². The highest BCUT2D eigenvalue weighted by Crippen LogP contribution is 2.26. The molecule has 1 amide bonds. The number of para-hydroxylation sites is 1. The van der Waals surface area contributed by atoms with Gasteiger partial charge in [-0.15, -0.1) is 0 Å². The van der Waals surface area contributed by atoms with Crippen LogP contribution in [-0.4, -0.2) is 40.8 Å². The van der Waals surface area contributed by atoms with Crippen LogP contribution in [0, 0.1) is 0 Å². The summed E-state index contributed by atoms with van der Waals surface area (Å²) in [5, 5.41) is 3.00. The minimum absolute atomic E-state index is 0.268. The lowest BCUT2D eigenvalue weighted by Crippen LogP contribution is -2.41. The molecule has 2 aromatic rings. The average Bonchev–Trinajstić information content (AvgIpc) is 2.60. The molecule has 1 N–H and O–H groups in total. The fourth-order valence-electron chi connectivity index (χ4n) is 2.36. The number of carbonyl (C=O) groups excluding carboxylic acids is 1. The Bertz CT molecular complexity index is 854. The highest BCUT2D eigenvalue weighted by molar-refractivity contribution is 7.92. The van der Waals surface area contributed by atoms with Crippen molar-refractivity contribution in [3.05, 3.63) is 59.1 Å². The van der Waals surface area contributed by atoms with Gasteiger partial charge >= 0.3 is 0 Å². The van der Waals surface area contributed by atoms with Gasteiger partial charge in [0.2, 0.25) is 15.9 Å². The van der Waals surface area contributed by atoms with Crippen molar-refractivity contribution in [3.63, 3.8) is 0 Å². The van der Waals surface area contributed by atoms with E-state index >= 15 is 0 Å². The molecule has 0 saturated heterocycles. The smallest absolute Gasteiger partial charge is 0.240 e. The van der Waals surface area contributed by atoms with Crippen LogP contribution in [0.2, 0.25) is 5.02 Å². The van der Waals surface area contributed by atoms with Gasteiger partial charge in [0.25, 0.3) is 0 Å². The first kappa shape index (κ1) is 20.1. The van der Waals surface area contributed by atoms with Crippen molar-refractivity contribution in [2.24, 2.45) is 0 Å². The van der Waals surface area contributed by atoms with Gasteiger partial charge in [-0.3, -0.25) is 9.10 Å². The Labute approximate surface area is 158 Å². The quantitative estimate of drug-likeness (QED) is 0.743. The minimum Gasteiger partial charge on any atom is -0.497 e. The molecule has 140 valence electrons. The van der Waals surface area contributed by atoms with E-state index in [1.165, 1.54) is 0 Å². The molecule has 0 atom stereocenters. The summed E-state index contributed by atoms with van der Waals surface area (Å²) in [5.41, 5.74) is 1.32. The van der Waals surface area contributed by atoms with E-state index in [0.717, 1.165) is 21.9 Å². The Hall–Kier alpha value is -2.25. The maximum absolute atomic E-state index is 12.2. The summed E-state index contributed by atoms with van der Waals surface area (Å²) in [4.78, 5) is 12.2. The summed E-state index contributed by atoms with van der Waals surface area (Å²) in [7, 11) is -2.05. The van der Waals surface area contributed by atoms with E-state index in [0.29, 0.717) is 13.0 Å². The van der Waals surface area contributed by atoms with Gasteiger partial charge in [0.15, 0.2) is 0 Å². The molecule has 0 saturated carbocycles. The van der Waals surface area contributed by atoms with Crippen LogP contribution in [0.1, 0.15) is 5.56 Å². The van der Waals surface area contributed by atoms with Crippen molar-refractivity contribution in [2.75, 3.05) is 30.8 Å². The van der Waals surface area contributed by atoms with E-state index < -0.39 is 15.9 Å². The van der Waals surface area contributed by atoms with Gasteiger partial charge < -0.3 is 10.1 Å². The summed E-state index contributed by atoms with van der Waals surface area (Å²) in [6, 6.07) is 14.0. The van der Waals surface area contributed by atoms with E-state index in [1.807, 2.05) is 24.3 Å².